The van der Waals surface area contributed by atoms with Crippen LogP contribution in [0.25, 0.3) is 0 Å². The Morgan fingerprint density at radius 3 is 2.19 bits per heavy atom. The number of imidazole rings is 1. The molecule has 26 heavy (non-hydrogen) atoms. The topological polar surface area (TPSA) is 101 Å². The number of carboxylic acids is 1. The molecule has 1 aromatic heterocycles. The summed E-state index contributed by atoms with van der Waals surface area (Å²) in [5.41, 5.74) is 10.3. The van der Waals surface area contributed by atoms with E-state index in [0.717, 1.165) is 12.8 Å². The summed E-state index contributed by atoms with van der Waals surface area (Å²) in [5, 5.41) is 10.0. The maximum absolute atomic E-state index is 10.0. The molecule has 0 unspecified atom stereocenters. The molecule has 4 N–H and O–H groups in total. The molecule has 0 aliphatic rings. The molecule has 0 aliphatic carbocycles. The maximum Gasteiger partial charge on any atom is 0.243 e. The van der Waals surface area contributed by atoms with Gasteiger partial charge in [0.15, 0.2) is 0 Å². The SMILES string of the molecule is CCCCCCCCCCn1cc[n+](C)c1.NCCCC[C@H](N)C(=O)[O-]. The number of carbonyl (C=O) groups is 1. The quantitative estimate of drug-likeness (QED) is 0.385. The molecule has 1 rings (SSSR count). The van der Waals surface area contributed by atoms with Crippen LogP contribution in [0.2, 0.25) is 0 Å². The number of hydrogen-bond acceptors (Lipinski definition) is 4. The monoisotopic (exact) mass is 368 g/mol. The molecular formula is C20H40N4O2. The molecule has 0 saturated heterocycles. The molecule has 1 aromatic rings. The summed E-state index contributed by atoms with van der Waals surface area (Å²) in [6.45, 7) is 4.03. The largest absolute Gasteiger partial charge is 0.548 e. The van der Waals surface area contributed by atoms with Crippen LogP contribution in [0.15, 0.2) is 18.7 Å². The summed E-state index contributed by atoms with van der Waals surface area (Å²) >= 11 is 0. The number of aromatic nitrogens is 2. The first-order valence-electron chi connectivity index (χ1n) is 10.2. The average molecular weight is 369 g/mol. The summed E-state index contributed by atoms with van der Waals surface area (Å²) in [7, 11) is 2.07. The van der Waals surface area contributed by atoms with Crippen LogP contribution in [0.4, 0.5) is 0 Å². The molecular weight excluding hydrogens is 328 g/mol. The summed E-state index contributed by atoms with van der Waals surface area (Å²) in [4.78, 5) is 10.0. The summed E-state index contributed by atoms with van der Waals surface area (Å²) in [6.07, 6.45) is 19.6. The molecule has 6 nitrogen and oxygen atoms in total. The normalized spacial score (nSPS) is 11.7. The van der Waals surface area contributed by atoms with Crippen LogP contribution in [0.5, 0.6) is 0 Å². The van der Waals surface area contributed by atoms with E-state index in [4.69, 9.17) is 11.5 Å². The number of nitrogens with zero attached hydrogens (tertiary/aromatic N) is 2. The van der Waals surface area contributed by atoms with Gasteiger partial charge in [0.25, 0.3) is 0 Å². The Balaban J connectivity index is 0.000000541. The lowest BCUT2D eigenvalue weighted by atomic mass is 10.1. The second-order valence-electron chi connectivity index (χ2n) is 7.00. The van der Waals surface area contributed by atoms with Crippen molar-refractivity contribution in [2.45, 2.75) is 90.1 Å². The van der Waals surface area contributed by atoms with Gasteiger partial charge in [-0.1, -0.05) is 51.9 Å². The Hall–Kier alpha value is -1.40. The Morgan fingerprint density at radius 1 is 1.08 bits per heavy atom. The third-order valence-corrected chi connectivity index (χ3v) is 4.37. The minimum atomic E-state index is -1.18. The zero-order valence-electron chi connectivity index (χ0n) is 16.9. The van der Waals surface area contributed by atoms with Crippen LogP contribution in [-0.4, -0.2) is 23.1 Å². The van der Waals surface area contributed by atoms with Crippen molar-refractivity contribution in [2.75, 3.05) is 6.54 Å². The highest BCUT2D eigenvalue weighted by Gasteiger charge is 2.01. The average Bonchev–Trinajstić information content (AvgIpc) is 3.03. The van der Waals surface area contributed by atoms with Gasteiger partial charge in [-0.3, -0.25) is 0 Å². The Labute approximate surface area is 159 Å². The zero-order valence-corrected chi connectivity index (χ0v) is 16.9. The fourth-order valence-corrected chi connectivity index (χ4v) is 2.69. The van der Waals surface area contributed by atoms with Crippen molar-refractivity contribution >= 4 is 5.97 Å². The molecule has 0 bridgehead atoms. The number of nitrogens with two attached hydrogens (primary N) is 2. The number of hydrogen-bond donors (Lipinski definition) is 2. The van der Waals surface area contributed by atoms with Gasteiger partial charge in [-0.25, -0.2) is 9.13 Å². The molecule has 6 heteroatoms. The Kier molecular flexibility index (Phi) is 16.1. The third-order valence-electron chi connectivity index (χ3n) is 4.37. The summed E-state index contributed by atoms with van der Waals surface area (Å²) < 4.78 is 4.38. The number of carbonyl (C=O) groups excluding carboxylic acids is 1. The van der Waals surface area contributed by atoms with Gasteiger partial charge in [0.05, 0.1) is 19.6 Å². The van der Waals surface area contributed by atoms with E-state index in [-0.39, 0.29) is 0 Å². The van der Waals surface area contributed by atoms with Crippen LogP contribution in [0.1, 0.15) is 77.6 Å². The van der Waals surface area contributed by atoms with Gasteiger partial charge >= 0.3 is 0 Å². The van der Waals surface area contributed by atoms with Crippen molar-refractivity contribution in [2.24, 2.45) is 18.5 Å². The van der Waals surface area contributed by atoms with E-state index in [9.17, 15) is 9.90 Å². The molecule has 1 heterocycles. The number of carboxylic acid groups (broad SMARTS) is 1. The molecule has 152 valence electrons. The second-order valence-corrected chi connectivity index (χ2v) is 7.00. The van der Waals surface area contributed by atoms with E-state index in [1.807, 2.05) is 0 Å². The molecule has 1 atom stereocenters. The van der Waals surface area contributed by atoms with Crippen molar-refractivity contribution in [3.05, 3.63) is 18.7 Å². The van der Waals surface area contributed by atoms with E-state index < -0.39 is 12.0 Å². The first-order valence-corrected chi connectivity index (χ1v) is 10.2. The molecule has 0 spiro atoms. The lowest BCUT2D eigenvalue weighted by molar-refractivity contribution is -0.671. The molecule has 0 amide bonds. The van der Waals surface area contributed by atoms with Crippen LogP contribution in [0, 0.1) is 0 Å². The first-order chi connectivity index (χ1) is 12.5. The van der Waals surface area contributed by atoms with Crippen LogP contribution in [0.3, 0.4) is 0 Å². The van der Waals surface area contributed by atoms with E-state index in [1.165, 1.54) is 57.9 Å². The van der Waals surface area contributed by atoms with Crippen molar-refractivity contribution in [3.63, 3.8) is 0 Å². The standard InChI is InChI=1S/C14H27N2.C6H14N2O2/c1-3-4-5-6-7-8-9-10-11-16-13-12-15(2)14-16;7-4-2-1-3-5(8)6(9)10/h12-14H,3-11H2,1-2H3;5H,1-4,7-8H2,(H,9,10)/q+1;/p-1/t;5-/m.0/s1. The van der Waals surface area contributed by atoms with E-state index in [1.54, 1.807) is 0 Å². The highest BCUT2D eigenvalue weighted by atomic mass is 16.4. The minimum absolute atomic E-state index is 0.458. The minimum Gasteiger partial charge on any atom is -0.548 e. The van der Waals surface area contributed by atoms with Crippen molar-refractivity contribution in [1.29, 1.82) is 0 Å². The van der Waals surface area contributed by atoms with Gasteiger partial charge in [0.2, 0.25) is 6.33 Å². The van der Waals surface area contributed by atoms with E-state index in [2.05, 4.69) is 41.8 Å². The predicted octanol–water partition coefficient (Wildman–Crippen LogP) is 1.65. The fourth-order valence-electron chi connectivity index (χ4n) is 2.69. The zero-order chi connectivity index (χ0) is 19.6. The first kappa shape index (κ1) is 24.6. The number of rotatable bonds is 14. The van der Waals surface area contributed by atoms with Crippen LogP contribution < -0.4 is 21.1 Å². The van der Waals surface area contributed by atoms with Crippen LogP contribution in [-0.2, 0) is 18.4 Å². The highest BCUT2D eigenvalue weighted by molar-refractivity contribution is 5.70. The number of aliphatic carboxylic acids is 1. The van der Waals surface area contributed by atoms with Gasteiger partial charge in [-0.05, 0) is 32.2 Å². The van der Waals surface area contributed by atoms with Crippen molar-refractivity contribution in [1.82, 2.24) is 4.57 Å². The fraction of sp³-hybridized carbons (Fsp3) is 0.800. The molecule has 0 aliphatic heterocycles. The van der Waals surface area contributed by atoms with Gasteiger partial charge in [-0.15, -0.1) is 0 Å². The number of aryl methyl sites for hydroxylation is 2. The van der Waals surface area contributed by atoms with Crippen molar-refractivity contribution < 1.29 is 14.5 Å². The highest BCUT2D eigenvalue weighted by Crippen LogP contribution is 2.08. The summed E-state index contributed by atoms with van der Waals surface area (Å²) in [5.74, 6) is -1.18. The lowest BCUT2D eigenvalue weighted by Crippen LogP contribution is -2.41. The van der Waals surface area contributed by atoms with Gasteiger partial charge in [0.1, 0.15) is 12.4 Å². The van der Waals surface area contributed by atoms with Crippen molar-refractivity contribution in [3.8, 4) is 0 Å². The molecule has 0 aromatic carbocycles. The van der Waals surface area contributed by atoms with Crippen LogP contribution >= 0.6 is 0 Å². The molecule has 0 fully saturated rings. The maximum atomic E-state index is 10.0. The lowest BCUT2D eigenvalue weighted by Gasteiger charge is -2.10. The molecule has 0 saturated carbocycles. The number of unbranched alkanes of at least 4 members (excludes halogenated alkanes) is 8. The smallest absolute Gasteiger partial charge is 0.243 e. The van der Waals surface area contributed by atoms with E-state index >= 15 is 0 Å². The Bertz CT molecular complexity index is 449. The van der Waals surface area contributed by atoms with Gasteiger partial charge in [-0.2, -0.15) is 0 Å². The predicted molar refractivity (Wildman–Crippen MR) is 104 cm³/mol. The second kappa shape index (κ2) is 17.0. The van der Waals surface area contributed by atoms with E-state index in [0.29, 0.717) is 13.0 Å². The molecule has 0 radical (unpaired) electrons. The Morgan fingerprint density at radius 2 is 1.69 bits per heavy atom. The third kappa shape index (κ3) is 14.9. The summed E-state index contributed by atoms with van der Waals surface area (Å²) in [6, 6.07) is -0.827. The van der Waals surface area contributed by atoms with Gasteiger partial charge < -0.3 is 21.4 Å². The van der Waals surface area contributed by atoms with Gasteiger partial charge in [0, 0.05) is 6.04 Å².